The zero-order valence-corrected chi connectivity index (χ0v) is 21.5. The van der Waals surface area contributed by atoms with Crippen LogP contribution in [0.2, 0.25) is 0 Å². The van der Waals surface area contributed by atoms with Crippen molar-refractivity contribution in [3.05, 3.63) is 59.2 Å². The molecule has 1 aliphatic carbocycles. The number of carbonyl (C=O) groups is 1. The molecule has 4 rings (SSSR count). The fourth-order valence-corrected chi connectivity index (χ4v) is 4.68. The number of benzene rings is 1. The molecule has 2 aromatic rings. The van der Waals surface area contributed by atoms with Gasteiger partial charge in [0.1, 0.15) is 5.82 Å². The number of halogens is 5. The predicted molar refractivity (Wildman–Crippen MR) is 135 cm³/mol. The maximum atomic E-state index is 14.0. The quantitative estimate of drug-likeness (QED) is 0.433. The van der Waals surface area contributed by atoms with Crippen molar-refractivity contribution in [1.29, 1.82) is 0 Å². The normalized spacial score (nSPS) is 19.7. The highest BCUT2D eigenvalue weighted by atomic mass is 19.4. The van der Waals surface area contributed by atoms with Crippen molar-refractivity contribution >= 4 is 17.5 Å². The predicted octanol–water partition coefficient (Wildman–Crippen LogP) is 4.84. The van der Waals surface area contributed by atoms with Crippen molar-refractivity contribution in [2.75, 3.05) is 45.3 Å². The average molecular weight is 556 g/mol. The van der Waals surface area contributed by atoms with Gasteiger partial charge >= 0.3 is 12.2 Å². The number of aromatic nitrogens is 2. The number of nitrogens with one attached hydrogen (secondary N) is 2. The van der Waals surface area contributed by atoms with E-state index in [-0.39, 0.29) is 23.2 Å². The van der Waals surface area contributed by atoms with Crippen LogP contribution in [0.1, 0.15) is 29.9 Å². The van der Waals surface area contributed by atoms with Gasteiger partial charge in [0.25, 0.3) is 0 Å². The van der Waals surface area contributed by atoms with Crippen LogP contribution in [0, 0.1) is 18.6 Å². The maximum absolute atomic E-state index is 14.0. The van der Waals surface area contributed by atoms with Crippen molar-refractivity contribution < 1.29 is 36.2 Å². The molecule has 2 N–H and O–H groups in total. The Morgan fingerprint density at radius 1 is 1.18 bits per heavy atom. The molecule has 13 heteroatoms. The van der Waals surface area contributed by atoms with E-state index in [0.29, 0.717) is 43.9 Å². The molecule has 8 nitrogen and oxygen atoms in total. The van der Waals surface area contributed by atoms with Gasteiger partial charge in [0.15, 0.2) is 18.2 Å². The molecule has 1 aliphatic heterocycles. The van der Waals surface area contributed by atoms with Crippen LogP contribution in [-0.2, 0) is 4.74 Å². The minimum atomic E-state index is -4.56. The van der Waals surface area contributed by atoms with Gasteiger partial charge in [0, 0.05) is 32.7 Å². The van der Waals surface area contributed by atoms with E-state index in [1.165, 1.54) is 17.7 Å². The van der Waals surface area contributed by atoms with Crippen molar-refractivity contribution in [2.24, 2.45) is 0 Å². The lowest BCUT2D eigenvalue weighted by Crippen LogP contribution is -2.42. The molecule has 2 aliphatic rings. The van der Waals surface area contributed by atoms with Gasteiger partial charge in [-0.3, -0.25) is 10.2 Å². The molecule has 1 saturated heterocycles. The third kappa shape index (κ3) is 7.15. The Labute approximate surface area is 222 Å². The first-order valence-electron chi connectivity index (χ1n) is 12.5. The van der Waals surface area contributed by atoms with Crippen LogP contribution in [0.15, 0.2) is 36.4 Å². The number of alkyl halides is 3. The molecule has 1 aromatic carbocycles. The summed E-state index contributed by atoms with van der Waals surface area (Å²) in [6.07, 6.45) is 2.45. The van der Waals surface area contributed by atoms with Crippen molar-refractivity contribution in [3.8, 4) is 5.88 Å². The highest BCUT2D eigenvalue weighted by Gasteiger charge is 2.36. The SMILES string of the molecule is COCCN1C[C@@H](NC(=O)Nc2c(C)c(OCC(F)(F)F)nn2C2=CCCC=C2)[C@H](c2ccc(F)c(F)c2)C1. The minimum Gasteiger partial charge on any atom is -0.467 e. The van der Waals surface area contributed by atoms with Gasteiger partial charge in [-0.05, 0) is 43.5 Å². The van der Waals surface area contributed by atoms with Gasteiger partial charge in [0.2, 0.25) is 5.88 Å². The molecule has 39 heavy (non-hydrogen) atoms. The van der Waals surface area contributed by atoms with Crippen LogP contribution in [0.25, 0.3) is 5.70 Å². The Morgan fingerprint density at radius 3 is 2.64 bits per heavy atom. The molecule has 0 radical (unpaired) electrons. The van der Waals surface area contributed by atoms with E-state index < -0.39 is 36.5 Å². The number of likely N-dealkylation sites (tertiary alicyclic amines) is 1. The molecule has 1 aromatic heterocycles. The number of hydrogen-bond donors (Lipinski definition) is 2. The number of rotatable bonds is 9. The van der Waals surface area contributed by atoms with Crippen molar-refractivity contribution in [3.63, 3.8) is 0 Å². The molecule has 0 saturated carbocycles. The highest BCUT2D eigenvalue weighted by molar-refractivity contribution is 5.90. The molecule has 2 heterocycles. The Balaban J connectivity index is 1.56. The lowest BCUT2D eigenvalue weighted by molar-refractivity contribution is -0.154. The van der Waals surface area contributed by atoms with Crippen molar-refractivity contribution in [2.45, 2.75) is 37.9 Å². The minimum absolute atomic E-state index is 0.154. The first-order chi connectivity index (χ1) is 18.6. The number of amides is 2. The van der Waals surface area contributed by atoms with E-state index in [9.17, 15) is 26.7 Å². The summed E-state index contributed by atoms with van der Waals surface area (Å²) < 4.78 is 77.3. The largest absolute Gasteiger partial charge is 0.467 e. The molecule has 0 bridgehead atoms. The summed E-state index contributed by atoms with van der Waals surface area (Å²) in [6, 6.07) is 2.56. The maximum Gasteiger partial charge on any atom is 0.422 e. The molecule has 212 valence electrons. The third-order valence-electron chi connectivity index (χ3n) is 6.60. The zero-order chi connectivity index (χ0) is 28.2. The molecule has 2 atom stereocenters. The van der Waals surface area contributed by atoms with E-state index in [1.807, 2.05) is 17.1 Å². The summed E-state index contributed by atoms with van der Waals surface area (Å²) in [6.45, 7) is 1.90. The van der Waals surface area contributed by atoms with Gasteiger partial charge in [-0.2, -0.15) is 13.2 Å². The van der Waals surface area contributed by atoms with E-state index in [1.54, 1.807) is 13.2 Å². The number of anilines is 1. The standard InChI is InChI=1S/C26H30F5N5O3/c1-16-23(36(18-6-4-3-5-7-18)34-24(16)39-15-26(29,30)31)33-25(37)32-22-14-35(10-11-38-2)13-19(22)17-8-9-20(27)21(28)12-17/h4,6-9,12,19,22H,3,5,10-11,13-15H2,1-2H3,(H2,32,33,37)/t19-,22+/m0/s1. The summed E-state index contributed by atoms with van der Waals surface area (Å²) in [5.41, 5.74) is 1.33. The Hall–Kier alpha value is -3.45. The summed E-state index contributed by atoms with van der Waals surface area (Å²) in [4.78, 5) is 15.2. The van der Waals surface area contributed by atoms with Crippen LogP contribution in [0.4, 0.5) is 32.6 Å². The van der Waals surface area contributed by atoms with E-state index in [4.69, 9.17) is 9.47 Å². The highest BCUT2D eigenvalue weighted by Crippen LogP contribution is 2.32. The summed E-state index contributed by atoms with van der Waals surface area (Å²) >= 11 is 0. The van der Waals surface area contributed by atoms with Gasteiger partial charge in [-0.25, -0.2) is 18.3 Å². The number of methoxy groups -OCH3 is 1. The fraction of sp³-hybridized carbons (Fsp3) is 0.462. The Kier molecular flexibility index (Phi) is 8.90. The van der Waals surface area contributed by atoms with Crippen LogP contribution < -0.4 is 15.4 Å². The summed E-state index contributed by atoms with van der Waals surface area (Å²) in [7, 11) is 1.57. The van der Waals surface area contributed by atoms with Gasteiger partial charge in [-0.1, -0.05) is 18.2 Å². The van der Waals surface area contributed by atoms with Crippen molar-refractivity contribution in [1.82, 2.24) is 20.0 Å². The second-order valence-corrected chi connectivity index (χ2v) is 9.44. The van der Waals surface area contributed by atoms with E-state index in [2.05, 4.69) is 15.7 Å². The van der Waals surface area contributed by atoms with Gasteiger partial charge in [-0.15, -0.1) is 5.10 Å². The van der Waals surface area contributed by atoms with Crippen LogP contribution in [0.5, 0.6) is 5.88 Å². The van der Waals surface area contributed by atoms with Crippen LogP contribution >= 0.6 is 0 Å². The topological polar surface area (TPSA) is 80.7 Å². The fourth-order valence-electron chi connectivity index (χ4n) is 4.68. The molecular weight excluding hydrogens is 525 g/mol. The number of nitrogens with zero attached hydrogens (tertiary/aromatic N) is 3. The summed E-state index contributed by atoms with van der Waals surface area (Å²) in [5, 5.41) is 9.78. The molecule has 0 unspecified atom stereocenters. The Bertz CT molecular complexity index is 1240. The van der Waals surface area contributed by atoms with E-state index in [0.717, 1.165) is 18.6 Å². The van der Waals surface area contributed by atoms with Crippen LogP contribution in [-0.4, -0.2) is 72.9 Å². The number of ether oxygens (including phenoxy) is 2. The monoisotopic (exact) mass is 555 g/mol. The average Bonchev–Trinajstić information content (AvgIpc) is 3.43. The number of allylic oxidation sites excluding steroid dienone is 4. The molecular formula is C26H30F5N5O3. The third-order valence-corrected chi connectivity index (χ3v) is 6.60. The molecule has 1 fully saturated rings. The lowest BCUT2D eigenvalue weighted by Gasteiger charge is -2.21. The first-order valence-corrected chi connectivity index (χ1v) is 12.5. The number of hydrogen-bond acceptors (Lipinski definition) is 5. The Morgan fingerprint density at radius 2 is 1.97 bits per heavy atom. The van der Waals surface area contributed by atoms with Gasteiger partial charge < -0.3 is 14.8 Å². The molecule has 0 spiro atoms. The second-order valence-electron chi connectivity index (χ2n) is 9.44. The first kappa shape index (κ1) is 28.6. The molecule has 2 amide bonds. The number of urea groups is 1. The van der Waals surface area contributed by atoms with Gasteiger partial charge in [0.05, 0.1) is 23.9 Å². The lowest BCUT2D eigenvalue weighted by atomic mass is 9.94. The van der Waals surface area contributed by atoms with Crippen LogP contribution in [0.3, 0.4) is 0 Å². The zero-order valence-electron chi connectivity index (χ0n) is 21.5. The smallest absolute Gasteiger partial charge is 0.422 e. The number of carbonyl (C=O) groups excluding carboxylic acids is 1. The van der Waals surface area contributed by atoms with E-state index >= 15 is 0 Å². The summed E-state index contributed by atoms with van der Waals surface area (Å²) in [5.74, 6) is -2.39. The second kappa shape index (κ2) is 12.2.